The topological polar surface area (TPSA) is 93.0 Å². The van der Waals surface area contributed by atoms with Crippen molar-refractivity contribution < 1.29 is 4.74 Å². The molecule has 3 aromatic rings. The maximum absolute atomic E-state index is 8.98. The van der Waals surface area contributed by atoms with Crippen LogP contribution in [-0.2, 0) is 6.54 Å². The lowest BCUT2D eigenvalue weighted by molar-refractivity contribution is 0.415. The number of ether oxygens (including phenoxy) is 1. The van der Waals surface area contributed by atoms with Crippen LogP contribution in [0.2, 0.25) is 0 Å². The van der Waals surface area contributed by atoms with Gasteiger partial charge in [0.15, 0.2) is 0 Å². The second kappa shape index (κ2) is 7.25. The van der Waals surface area contributed by atoms with Crippen molar-refractivity contribution in [3.8, 4) is 11.8 Å². The Bertz CT molecular complexity index is 988. The van der Waals surface area contributed by atoms with Gasteiger partial charge in [-0.15, -0.1) is 0 Å². The molecule has 7 heteroatoms. The Morgan fingerprint density at radius 1 is 1.33 bits per heavy atom. The third-order valence-corrected chi connectivity index (χ3v) is 4.95. The van der Waals surface area contributed by atoms with E-state index < -0.39 is 0 Å². The molecule has 1 atom stereocenters. The number of methoxy groups -OCH3 is 1. The third kappa shape index (κ3) is 3.44. The number of fused-ring (bicyclic) bond motifs is 1. The van der Waals surface area contributed by atoms with E-state index in [0.29, 0.717) is 12.1 Å². The molecule has 0 unspecified atom stereocenters. The summed E-state index contributed by atoms with van der Waals surface area (Å²) in [7, 11) is 1.66. The molecule has 3 heterocycles. The molecule has 1 saturated heterocycles. The molecule has 2 N–H and O–H groups in total. The first-order valence-electron chi connectivity index (χ1n) is 9.08. The fraction of sp³-hybridized carbons (Fsp3) is 0.350. The van der Waals surface area contributed by atoms with E-state index in [-0.39, 0.29) is 6.04 Å². The molecule has 2 aromatic heterocycles. The van der Waals surface area contributed by atoms with Gasteiger partial charge in [-0.25, -0.2) is 4.98 Å². The smallest absolute Gasteiger partial charge is 0.206 e. The molecule has 138 valence electrons. The fourth-order valence-electron chi connectivity index (χ4n) is 3.56. The number of benzene rings is 1. The molecule has 4 rings (SSSR count). The summed E-state index contributed by atoms with van der Waals surface area (Å²) in [5.74, 6) is 1.69. The Morgan fingerprint density at radius 3 is 2.93 bits per heavy atom. The molecule has 1 aliphatic rings. The molecular formula is C20H22N6O. The van der Waals surface area contributed by atoms with Gasteiger partial charge in [-0.1, -0.05) is 0 Å². The number of imidazole rings is 1. The minimum Gasteiger partial charge on any atom is -0.497 e. The van der Waals surface area contributed by atoms with Crippen molar-refractivity contribution in [2.75, 3.05) is 25.1 Å². The van der Waals surface area contributed by atoms with Crippen LogP contribution in [0.5, 0.6) is 5.75 Å². The summed E-state index contributed by atoms with van der Waals surface area (Å²) >= 11 is 0. The Balaban J connectivity index is 1.77. The molecule has 0 spiro atoms. The summed E-state index contributed by atoms with van der Waals surface area (Å²) in [5.41, 5.74) is 9.54. The summed E-state index contributed by atoms with van der Waals surface area (Å²) in [6.45, 7) is 2.31. The van der Waals surface area contributed by atoms with Gasteiger partial charge in [0.25, 0.3) is 0 Å². The van der Waals surface area contributed by atoms with Crippen LogP contribution in [-0.4, -0.2) is 40.8 Å². The van der Waals surface area contributed by atoms with Gasteiger partial charge in [-0.3, -0.25) is 4.98 Å². The molecule has 0 aliphatic carbocycles. The van der Waals surface area contributed by atoms with Crippen molar-refractivity contribution in [2.45, 2.75) is 25.4 Å². The highest BCUT2D eigenvalue weighted by Gasteiger charge is 2.23. The normalized spacial score (nSPS) is 17.1. The van der Waals surface area contributed by atoms with E-state index in [1.807, 2.05) is 24.3 Å². The van der Waals surface area contributed by atoms with Gasteiger partial charge in [0.05, 0.1) is 35.9 Å². The van der Waals surface area contributed by atoms with Crippen molar-refractivity contribution in [1.29, 1.82) is 5.26 Å². The van der Waals surface area contributed by atoms with E-state index in [9.17, 15) is 0 Å². The van der Waals surface area contributed by atoms with Crippen LogP contribution in [0.3, 0.4) is 0 Å². The third-order valence-electron chi connectivity index (χ3n) is 4.95. The second-order valence-electron chi connectivity index (χ2n) is 6.85. The van der Waals surface area contributed by atoms with Gasteiger partial charge in [-0.05, 0) is 37.1 Å². The zero-order chi connectivity index (χ0) is 18.8. The van der Waals surface area contributed by atoms with Gasteiger partial charge in [0.2, 0.25) is 5.95 Å². The summed E-state index contributed by atoms with van der Waals surface area (Å²) in [4.78, 5) is 11.6. The van der Waals surface area contributed by atoms with Crippen molar-refractivity contribution in [2.24, 2.45) is 5.73 Å². The van der Waals surface area contributed by atoms with Gasteiger partial charge in [0.1, 0.15) is 11.8 Å². The van der Waals surface area contributed by atoms with Gasteiger partial charge in [0, 0.05) is 31.4 Å². The zero-order valence-corrected chi connectivity index (χ0v) is 15.3. The van der Waals surface area contributed by atoms with E-state index >= 15 is 0 Å². The Labute approximate surface area is 158 Å². The highest BCUT2D eigenvalue weighted by atomic mass is 16.5. The predicted molar refractivity (Wildman–Crippen MR) is 104 cm³/mol. The Hall–Kier alpha value is -3.11. The first-order chi connectivity index (χ1) is 13.2. The molecule has 0 radical (unpaired) electrons. The first-order valence-corrected chi connectivity index (χ1v) is 9.08. The van der Waals surface area contributed by atoms with Crippen LogP contribution in [0, 0.1) is 11.3 Å². The van der Waals surface area contributed by atoms with Crippen LogP contribution in [0.25, 0.3) is 11.0 Å². The number of anilines is 1. The quantitative estimate of drug-likeness (QED) is 0.765. The number of rotatable bonds is 4. The fourth-order valence-corrected chi connectivity index (χ4v) is 3.56. The molecule has 0 saturated carbocycles. The number of nitrogens with zero attached hydrogens (tertiary/aromatic N) is 5. The van der Waals surface area contributed by atoms with Crippen LogP contribution in [0.4, 0.5) is 5.95 Å². The summed E-state index contributed by atoms with van der Waals surface area (Å²) in [5, 5.41) is 8.98. The molecule has 7 nitrogen and oxygen atoms in total. The SMILES string of the molecule is COc1ccc2c(c1)nc(N1CCC[C@H](N)C1)n2Cc1ccc(C#N)cn1. The van der Waals surface area contributed by atoms with Crippen LogP contribution in [0.15, 0.2) is 36.5 Å². The number of aromatic nitrogens is 3. The van der Waals surface area contributed by atoms with Gasteiger partial charge in [-0.2, -0.15) is 5.26 Å². The average molecular weight is 362 g/mol. The Kier molecular flexibility index (Phi) is 4.65. The molecule has 0 bridgehead atoms. The van der Waals surface area contributed by atoms with Crippen molar-refractivity contribution in [1.82, 2.24) is 14.5 Å². The van der Waals surface area contributed by atoms with Crippen molar-refractivity contribution in [3.05, 3.63) is 47.8 Å². The highest BCUT2D eigenvalue weighted by Crippen LogP contribution is 2.28. The van der Waals surface area contributed by atoms with E-state index in [2.05, 4.69) is 20.5 Å². The lowest BCUT2D eigenvalue weighted by Gasteiger charge is -2.32. The zero-order valence-electron chi connectivity index (χ0n) is 15.3. The van der Waals surface area contributed by atoms with Gasteiger partial charge < -0.3 is 19.9 Å². The molecule has 1 aliphatic heterocycles. The second-order valence-corrected chi connectivity index (χ2v) is 6.85. The number of pyridine rings is 1. The van der Waals surface area contributed by atoms with Crippen molar-refractivity contribution in [3.63, 3.8) is 0 Å². The number of hydrogen-bond acceptors (Lipinski definition) is 6. The highest BCUT2D eigenvalue weighted by molar-refractivity contribution is 5.80. The molecule has 1 aromatic carbocycles. The lowest BCUT2D eigenvalue weighted by atomic mass is 10.1. The van der Waals surface area contributed by atoms with Crippen LogP contribution < -0.4 is 15.4 Å². The first kappa shape index (κ1) is 17.3. The Morgan fingerprint density at radius 2 is 2.22 bits per heavy atom. The van der Waals surface area contributed by atoms with E-state index in [1.165, 1.54) is 0 Å². The van der Waals surface area contributed by atoms with Crippen LogP contribution >= 0.6 is 0 Å². The van der Waals surface area contributed by atoms with Crippen molar-refractivity contribution >= 4 is 17.0 Å². The molecule has 27 heavy (non-hydrogen) atoms. The predicted octanol–water partition coefficient (Wildman–Crippen LogP) is 2.29. The van der Waals surface area contributed by atoms with E-state index in [4.69, 9.17) is 20.7 Å². The summed E-state index contributed by atoms with van der Waals surface area (Å²) in [6.07, 6.45) is 3.71. The van der Waals surface area contributed by atoms with Gasteiger partial charge >= 0.3 is 0 Å². The maximum atomic E-state index is 8.98. The summed E-state index contributed by atoms with van der Waals surface area (Å²) in [6, 6.07) is 11.9. The number of nitrogens with two attached hydrogens (primary N) is 1. The minimum absolute atomic E-state index is 0.162. The van der Waals surface area contributed by atoms with E-state index in [0.717, 1.165) is 54.4 Å². The van der Waals surface area contributed by atoms with E-state index in [1.54, 1.807) is 19.4 Å². The van der Waals surface area contributed by atoms with Crippen LogP contribution in [0.1, 0.15) is 24.1 Å². The number of hydrogen-bond donors (Lipinski definition) is 1. The largest absolute Gasteiger partial charge is 0.497 e. The average Bonchev–Trinajstić information content (AvgIpc) is 3.06. The molecular weight excluding hydrogens is 340 g/mol. The number of piperidine rings is 1. The monoisotopic (exact) mass is 362 g/mol. The molecule has 0 amide bonds. The molecule has 1 fully saturated rings. The summed E-state index contributed by atoms with van der Waals surface area (Å²) < 4.78 is 7.52. The lowest BCUT2D eigenvalue weighted by Crippen LogP contribution is -2.44. The maximum Gasteiger partial charge on any atom is 0.206 e. The minimum atomic E-state index is 0.162. The standard InChI is InChI=1S/C20H22N6O/c1-27-17-6-7-19-18(9-17)24-20(25-8-2-3-15(22)12-25)26(19)13-16-5-4-14(10-21)11-23-16/h4-7,9,11,15H,2-3,8,12-13,22H2,1H3/t15-/m0/s1. The number of nitriles is 1.